The van der Waals surface area contributed by atoms with Crippen LogP contribution in [0.5, 0.6) is 0 Å². The third kappa shape index (κ3) is 3.61. The minimum atomic E-state index is 0.265. The third-order valence-corrected chi connectivity index (χ3v) is 3.31. The van der Waals surface area contributed by atoms with E-state index in [1.807, 2.05) is 6.92 Å². The zero-order valence-corrected chi connectivity index (χ0v) is 12.7. The van der Waals surface area contributed by atoms with E-state index in [1.54, 1.807) is 7.11 Å². The second-order valence-corrected chi connectivity index (χ2v) is 5.26. The van der Waals surface area contributed by atoms with Gasteiger partial charge in [0.25, 0.3) is 0 Å². The van der Waals surface area contributed by atoms with Crippen LogP contribution in [-0.2, 0) is 11.3 Å². The molecule has 1 N–H and O–H groups in total. The Kier molecular flexibility index (Phi) is 4.79. The fourth-order valence-electron chi connectivity index (χ4n) is 2.19. The zero-order valence-electron chi connectivity index (χ0n) is 12.7. The maximum Gasteiger partial charge on any atom is 0.203 e. The Morgan fingerprint density at radius 2 is 1.95 bits per heavy atom. The highest BCUT2D eigenvalue weighted by atomic mass is 16.5. The zero-order chi connectivity index (χ0) is 14.5. The van der Waals surface area contributed by atoms with Crippen molar-refractivity contribution in [1.82, 2.24) is 9.55 Å². The summed E-state index contributed by atoms with van der Waals surface area (Å²) in [6.45, 7) is 7.68. The molecular formula is C16H23N3O. The number of hydrogen-bond acceptors (Lipinski definition) is 3. The van der Waals surface area contributed by atoms with E-state index in [0.29, 0.717) is 6.61 Å². The van der Waals surface area contributed by atoms with Gasteiger partial charge < -0.3 is 14.6 Å². The first-order valence-corrected chi connectivity index (χ1v) is 6.94. The third-order valence-electron chi connectivity index (χ3n) is 3.31. The molecular weight excluding hydrogens is 250 g/mol. The lowest BCUT2D eigenvalue weighted by Crippen LogP contribution is -2.14. The number of methoxy groups -OCH3 is 1. The largest absolute Gasteiger partial charge is 0.383 e. The standard InChI is InChI=1S/C16H23N3O/c1-12-5-7-15(8-6-12)9-17-16-18-13(2)10-19(16)14(3)11-20-4/h5-8,10,14H,9,11H2,1-4H3,(H,17,18). The van der Waals surface area contributed by atoms with Crippen molar-refractivity contribution in [3.8, 4) is 0 Å². The van der Waals surface area contributed by atoms with E-state index < -0.39 is 0 Å². The average Bonchev–Trinajstić information content (AvgIpc) is 2.80. The number of nitrogens with zero attached hydrogens (tertiary/aromatic N) is 2. The molecule has 1 unspecified atom stereocenters. The SMILES string of the molecule is COCC(C)n1cc(C)nc1NCc1ccc(C)cc1. The summed E-state index contributed by atoms with van der Waals surface area (Å²) in [5, 5.41) is 3.41. The van der Waals surface area contributed by atoms with Crippen LogP contribution in [0.2, 0.25) is 0 Å². The van der Waals surface area contributed by atoms with Gasteiger partial charge in [-0.1, -0.05) is 29.8 Å². The number of nitrogens with one attached hydrogen (secondary N) is 1. The van der Waals surface area contributed by atoms with Crippen molar-refractivity contribution < 1.29 is 4.74 Å². The molecule has 1 atom stereocenters. The summed E-state index contributed by atoms with van der Waals surface area (Å²) in [6, 6.07) is 8.80. The van der Waals surface area contributed by atoms with E-state index in [2.05, 4.69) is 59.2 Å². The molecule has 0 fully saturated rings. The van der Waals surface area contributed by atoms with Crippen LogP contribution in [0.25, 0.3) is 0 Å². The number of hydrogen-bond donors (Lipinski definition) is 1. The van der Waals surface area contributed by atoms with Crippen molar-refractivity contribution in [1.29, 1.82) is 0 Å². The maximum absolute atomic E-state index is 5.22. The predicted octanol–water partition coefficient (Wildman–Crippen LogP) is 3.32. The van der Waals surface area contributed by atoms with Crippen LogP contribution < -0.4 is 5.32 Å². The molecule has 2 rings (SSSR count). The summed E-state index contributed by atoms with van der Waals surface area (Å²) < 4.78 is 7.35. The molecule has 0 bridgehead atoms. The van der Waals surface area contributed by atoms with Gasteiger partial charge >= 0.3 is 0 Å². The number of aryl methyl sites for hydroxylation is 2. The van der Waals surface area contributed by atoms with Gasteiger partial charge in [0, 0.05) is 19.9 Å². The number of imidazole rings is 1. The number of benzene rings is 1. The Balaban J connectivity index is 2.07. The second kappa shape index (κ2) is 6.57. The highest BCUT2D eigenvalue weighted by Gasteiger charge is 2.11. The van der Waals surface area contributed by atoms with Crippen molar-refractivity contribution in [2.75, 3.05) is 19.0 Å². The average molecular weight is 273 g/mol. The van der Waals surface area contributed by atoms with E-state index in [4.69, 9.17) is 4.74 Å². The van der Waals surface area contributed by atoms with Gasteiger partial charge in [-0.3, -0.25) is 0 Å². The van der Waals surface area contributed by atoms with Gasteiger partial charge in [0.05, 0.1) is 18.3 Å². The van der Waals surface area contributed by atoms with Crippen LogP contribution in [0, 0.1) is 13.8 Å². The van der Waals surface area contributed by atoms with Crippen LogP contribution in [0.4, 0.5) is 5.95 Å². The first kappa shape index (κ1) is 14.6. The minimum Gasteiger partial charge on any atom is -0.383 e. The Hall–Kier alpha value is -1.81. The van der Waals surface area contributed by atoms with E-state index in [1.165, 1.54) is 11.1 Å². The lowest BCUT2D eigenvalue weighted by atomic mass is 10.1. The molecule has 108 valence electrons. The van der Waals surface area contributed by atoms with Crippen LogP contribution in [-0.4, -0.2) is 23.3 Å². The summed E-state index contributed by atoms with van der Waals surface area (Å²) in [6.07, 6.45) is 2.06. The number of rotatable bonds is 6. The van der Waals surface area contributed by atoms with Crippen LogP contribution in [0.1, 0.15) is 29.8 Å². The highest BCUT2D eigenvalue weighted by molar-refractivity contribution is 5.32. The second-order valence-electron chi connectivity index (χ2n) is 5.26. The van der Waals surface area contributed by atoms with E-state index in [9.17, 15) is 0 Å². The lowest BCUT2D eigenvalue weighted by Gasteiger charge is -2.16. The molecule has 0 radical (unpaired) electrons. The van der Waals surface area contributed by atoms with Crippen molar-refractivity contribution in [3.63, 3.8) is 0 Å². The number of ether oxygens (including phenoxy) is 1. The highest BCUT2D eigenvalue weighted by Crippen LogP contribution is 2.17. The summed E-state index contributed by atoms with van der Waals surface area (Å²) >= 11 is 0. The molecule has 0 saturated carbocycles. The predicted molar refractivity (Wildman–Crippen MR) is 82.1 cm³/mol. The van der Waals surface area contributed by atoms with Gasteiger partial charge in [0.15, 0.2) is 0 Å². The fourth-order valence-corrected chi connectivity index (χ4v) is 2.19. The molecule has 0 aliphatic rings. The molecule has 1 aromatic heterocycles. The van der Waals surface area contributed by atoms with E-state index in [0.717, 1.165) is 18.2 Å². The summed E-state index contributed by atoms with van der Waals surface area (Å²) in [7, 11) is 1.72. The maximum atomic E-state index is 5.22. The quantitative estimate of drug-likeness (QED) is 0.877. The Morgan fingerprint density at radius 1 is 1.25 bits per heavy atom. The van der Waals surface area contributed by atoms with E-state index >= 15 is 0 Å². The molecule has 0 aliphatic carbocycles. The van der Waals surface area contributed by atoms with Gasteiger partial charge in [0.1, 0.15) is 0 Å². The van der Waals surface area contributed by atoms with Crippen LogP contribution in [0.15, 0.2) is 30.5 Å². The molecule has 2 aromatic rings. The lowest BCUT2D eigenvalue weighted by molar-refractivity contribution is 0.163. The van der Waals surface area contributed by atoms with Crippen molar-refractivity contribution in [3.05, 3.63) is 47.3 Å². The number of anilines is 1. The van der Waals surface area contributed by atoms with Gasteiger partial charge in [-0.2, -0.15) is 0 Å². The smallest absolute Gasteiger partial charge is 0.203 e. The van der Waals surface area contributed by atoms with Crippen molar-refractivity contribution in [2.24, 2.45) is 0 Å². The summed E-state index contributed by atoms with van der Waals surface area (Å²) in [5.74, 6) is 0.896. The monoisotopic (exact) mass is 273 g/mol. The molecule has 4 nitrogen and oxygen atoms in total. The molecule has 20 heavy (non-hydrogen) atoms. The molecule has 1 heterocycles. The topological polar surface area (TPSA) is 39.1 Å². The fraction of sp³-hybridized carbons (Fsp3) is 0.438. The van der Waals surface area contributed by atoms with Gasteiger partial charge in [0.2, 0.25) is 5.95 Å². The molecule has 0 amide bonds. The van der Waals surface area contributed by atoms with Gasteiger partial charge in [-0.15, -0.1) is 0 Å². The van der Waals surface area contributed by atoms with Gasteiger partial charge in [-0.25, -0.2) is 4.98 Å². The summed E-state index contributed by atoms with van der Waals surface area (Å²) in [4.78, 5) is 4.54. The molecule has 4 heteroatoms. The Labute approximate surface area is 120 Å². The van der Waals surface area contributed by atoms with Gasteiger partial charge in [-0.05, 0) is 26.3 Å². The van der Waals surface area contributed by atoms with Crippen LogP contribution >= 0.6 is 0 Å². The molecule has 0 spiro atoms. The normalized spacial score (nSPS) is 12.4. The first-order chi connectivity index (χ1) is 9.60. The first-order valence-electron chi connectivity index (χ1n) is 6.94. The van der Waals surface area contributed by atoms with Crippen molar-refractivity contribution >= 4 is 5.95 Å². The van der Waals surface area contributed by atoms with E-state index in [-0.39, 0.29) is 6.04 Å². The Bertz CT molecular complexity index is 545. The summed E-state index contributed by atoms with van der Waals surface area (Å²) in [5.41, 5.74) is 3.54. The molecule has 1 aromatic carbocycles. The molecule has 0 aliphatic heterocycles. The minimum absolute atomic E-state index is 0.265. The number of aromatic nitrogens is 2. The Morgan fingerprint density at radius 3 is 2.60 bits per heavy atom. The van der Waals surface area contributed by atoms with Crippen LogP contribution in [0.3, 0.4) is 0 Å². The molecule has 0 saturated heterocycles. The van der Waals surface area contributed by atoms with Crippen molar-refractivity contribution in [2.45, 2.75) is 33.4 Å².